The van der Waals surface area contributed by atoms with Crippen LogP contribution in [0.15, 0.2) is 16.4 Å². The Balaban J connectivity index is 0.00000220. The fraction of sp³-hybridized carbons (Fsp3) is 0.667. The van der Waals surface area contributed by atoms with E-state index in [1.165, 1.54) is 16.2 Å². The molecule has 1 fully saturated rings. The van der Waals surface area contributed by atoms with E-state index < -0.39 is 0 Å². The van der Waals surface area contributed by atoms with E-state index in [0.29, 0.717) is 5.25 Å². The molecule has 1 aromatic heterocycles. The molecule has 120 valence electrons. The zero-order valence-corrected chi connectivity index (χ0v) is 17.2. The van der Waals surface area contributed by atoms with Crippen molar-refractivity contribution in [3.05, 3.63) is 21.9 Å². The third kappa shape index (κ3) is 5.32. The number of rotatable bonds is 3. The Bertz CT molecular complexity index is 460. The highest BCUT2D eigenvalue weighted by molar-refractivity contribution is 14.0. The molecule has 1 saturated heterocycles. The molecule has 6 heteroatoms. The van der Waals surface area contributed by atoms with Crippen LogP contribution in [-0.2, 0) is 6.54 Å². The van der Waals surface area contributed by atoms with Gasteiger partial charge < -0.3 is 10.2 Å². The predicted octanol–water partition coefficient (Wildman–Crippen LogP) is 3.82. The van der Waals surface area contributed by atoms with E-state index in [-0.39, 0.29) is 24.0 Å². The lowest BCUT2D eigenvalue weighted by atomic mass is 10.1. The summed E-state index contributed by atoms with van der Waals surface area (Å²) in [5.41, 5.74) is 1.37. The van der Waals surface area contributed by atoms with Gasteiger partial charge in [-0.05, 0) is 29.9 Å². The van der Waals surface area contributed by atoms with Crippen LogP contribution in [0.2, 0.25) is 0 Å². The topological polar surface area (TPSA) is 27.6 Å². The van der Waals surface area contributed by atoms with Crippen molar-refractivity contribution in [2.24, 2.45) is 10.9 Å². The van der Waals surface area contributed by atoms with Crippen LogP contribution in [0.4, 0.5) is 0 Å². The first-order valence-electron chi connectivity index (χ1n) is 7.22. The van der Waals surface area contributed by atoms with Gasteiger partial charge in [-0.15, -0.1) is 35.3 Å². The van der Waals surface area contributed by atoms with E-state index in [1.54, 1.807) is 0 Å². The van der Waals surface area contributed by atoms with Gasteiger partial charge in [0.1, 0.15) is 0 Å². The second-order valence-corrected chi connectivity index (χ2v) is 7.87. The summed E-state index contributed by atoms with van der Waals surface area (Å²) in [5, 5.41) is 6.39. The van der Waals surface area contributed by atoms with E-state index in [2.05, 4.69) is 59.2 Å². The van der Waals surface area contributed by atoms with Crippen molar-refractivity contribution in [3.63, 3.8) is 0 Å². The summed E-state index contributed by atoms with van der Waals surface area (Å²) in [4.78, 5) is 8.27. The Kier molecular flexibility index (Phi) is 8.41. The van der Waals surface area contributed by atoms with Crippen LogP contribution in [0.25, 0.3) is 0 Å². The number of halogens is 1. The largest absolute Gasteiger partial charge is 0.351 e. The van der Waals surface area contributed by atoms with Crippen LogP contribution in [0.3, 0.4) is 0 Å². The third-order valence-electron chi connectivity index (χ3n) is 3.72. The molecule has 1 aliphatic rings. The van der Waals surface area contributed by atoms with Gasteiger partial charge in [-0.1, -0.05) is 13.8 Å². The maximum absolute atomic E-state index is 4.46. The number of aliphatic imine (C=N–C) groups is 1. The van der Waals surface area contributed by atoms with E-state index in [4.69, 9.17) is 0 Å². The molecule has 0 radical (unpaired) electrons. The monoisotopic (exact) mass is 439 g/mol. The Morgan fingerprint density at radius 2 is 2.29 bits per heavy atom. The lowest BCUT2D eigenvalue weighted by Gasteiger charge is -2.36. The molecule has 0 bridgehead atoms. The molecule has 1 aromatic rings. The lowest BCUT2D eigenvalue weighted by Crippen LogP contribution is -2.48. The van der Waals surface area contributed by atoms with Gasteiger partial charge >= 0.3 is 0 Å². The van der Waals surface area contributed by atoms with Crippen molar-refractivity contribution in [2.75, 3.05) is 25.9 Å². The number of hydrogen-bond acceptors (Lipinski definition) is 3. The van der Waals surface area contributed by atoms with Gasteiger partial charge in [-0.3, -0.25) is 4.99 Å². The molecular formula is C15H26IN3S2. The number of thioether (sulfide) groups is 1. The standard InChI is InChI=1S/C15H25N3S2.HI/c1-11(2)14-10-18(6-8-20-14)15(16-4)17-9-13-12(3)5-7-19-13;/h5,7,11,14H,6,8-10H2,1-4H3,(H,16,17);1H. The molecule has 0 saturated carbocycles. The number of guanidine groups is 1. The Hall–Kier alpha value is 0.0500. The van der Waals surface area contributed by atoms with E-state index in [9.17, 15) is 0 Å². The molecule has 0 amide bonds. The summed E-state index contributed by atoms with van der Waals surface area (Å²) in [6, 6.07) is 2.18. The summed E-state index contributed by atoms with van der Waals surface area (Å²) in [6.07, 6.45) is 0. The maximum atomic E-state index is 4.46. The summed E-state index contributed by atoms with van der Waals surface area (Å²) < 4.78 is 0. The first kappa shape index (κ1) is 19.1. The first-order chi connectivity index (χ1) is 9.61. The fourth-order valence-electron chi connectivity index (χ4n) is 2.35. The van der Waals surface area contributed by atoms with Crippen molar-refractivity contribution < 1.29 is 0 Å². The second-order valence-electron chi connectivity index (χ2n) is 5.53. The zero-order valence-electron chi connectivity index (χ0n) is 13.3. The first-order valence-corrected chi connectivity index (χ1v) is 9.14. The van der Waals surface area contributed by atoms with Crippen molar-refractivity contribution in [1.29, 1.82) is 0 Å². The molecule has 0 aromatic carbocycles. The van der Waals surface area contributed by atoms with Gasteiger partial charge in [0.15, 0.2) is 5.96 Å². The van der Waals surface area contributed by atoms with Gasteiger partial charge in [-0.25, -0.2) is 0 Å². The lowest BCUT2D eigenvalue weighted by molar-refractivity contribution is 0.381. The number of nitrogens with one attached hydrogen (secondary N) is 1. The van der Waals surface area contributed by atoms with E-state index in [1.807, 2.05) is 18.4 Å². The van der Waals surface area contributed by atoms with Crippen LogP contribution >= 0.6 is 47.1 Å². The van der Waals surface area contributed by atoms with Crippen LogP contribution in [0, 0.1) is 12.8 Å². The smallest absolute Gasteiger partial charge is 0.194 e. The molecule has 0 aliphatic carbocycles. The Labute approximate surface area is 154 Å². The Morgan fingerprint density at radius 3 is 2.86 bits per heavy atom. The highest BCUT2D eigenvalue weighted by Crippen LogP contribution is 2.25. The summed E-state index contributed by atoms with van der Waals surface area (Å²) in [5.74, 6) is 2.96. The van der Waals surface area contributed by atoms with Gasteiger partial charge in [0, 0.05) is 36.0 Å². The van der Waals surface area contributed by atoms with Gasteiger partial charge in [0.2, 0.25) is 0 Å². The van der Waals surface area contributed by atoms with Crippen molar-refractivity contribution in [3.8, 4) is 0 Å². The molecule has 21 heavy (non-hydrogen) atoms. The summed E-state index contributed by atoms with van der Waals surface area (Å²) in [6.45, 7) is 9.87. The van der Waals surface area contributed by atoms with Gasteiger partial charge in [0.25, 0.3) is 0 Å². The molecule has 2 rings (SSSR count). The normalized spacial score (nSPS) is 19.6. The number of nitrogens with zero attached hydrogens (tertiary/aromatic N) is 2. The van der Waals surface area contributed by atoms with Crippen LogP contribution in [-0.4, -0.2) is 42.0 Å². The molecular weight excluding hydrogens is 413 g/mol. The van der Waals surface area contributed by atoms with E-state index in [0.717, 1.165) is 31.5 Å². The average molecular weight is 439 g/mol. The number of hydrogen-bond donors (Lipinski definition) is 1. The van der Waals surface area contributed by atoms with Crippen molar-refractivity contribution in [1.82, 2.24) is 10.2 Å². The van der Waals surface area contributed by atoms with Crippen LogP contribution < -0.4 is 5.32 Å². The maximum Gasteiger partial charge on any atom is 0.194 e. The molecule has 1 aliphatic heterocycles. The molecule has 3 nitrogen and oxygen atoms in total. The molecule has 1 atom stereocenters. The Morgan fingerprint density at radius 1 is 1.52 bits per heavy atom. The minimum Gasteiger partial charge on any atom is -0.351 e. The highest BCUT2D eigenvalue weighted by Gasteiger charge is 2.24. The van der Waals surface area contributed by atoms with Gasteiger partial charge in [-0.2, -0.15) is 11.8 Å². The number of thiophene rings is 1. The molecule has 0 spiro atoms. The van der Waals surface area contributed by atoms with Crippen molar-refractivity contribution in [2.45, 2.75) is 32.6 Å². The third-order valence-corrected chi connectivity index (χ3v) is 6.29. The SMILES string of the molecule is CN=C(NCc1sccc1C)N1CCSC(C(C)C)C1.I. The zero-order chi connectivity index (χ0) is 14.5. The molecule has 1 unspecified atom stereocenters. The minimum absolute atomic E-state index is 0. The fourth-order valence-corrected chi connectivity index (χ4v) is 4.49. The minimum atomic E-state index is 0. The highest BCUT2D eigenvalue weighted by atomic mass is 127. The quantitative estimate of drug-likeness (QED) is 0.441. The summed E-state index contributed by atoms with van der Waals surface area (Å²) >= 11 is 3.91. The van der Waals surface area contributed by atoms with Crippen molar-refractivity contribution >= 4 is 53.0 Å². The van der Waals surface area contributed by atoms with Crippen LogP contribution in [0.5, 0.6) is 0 Å². The number of aryl methyl sites for hydroxylation is 1. The molecule has 1 N–H and O–H groups in total. The second kappa shape index (κ2) is 9.25. The van der Waals surface area contributed by atoms with E-state index >= 15 is 0 Å². The predicted molar refractivity (Wildman–Crippen MR) is 107 cm³/mol. The average Bonchev–Trinajstić information content (AvgIpc) is 2.85. The summed E-state index contributed by atoms with van der Waals surface area (Å²) in [7, 11) is 1.88. The van der Waals surface area contributed by atoms with Crippen LogP contribution in [0.1, 0.15) is 24.3 Å². The molecule has 2 heterocycles. The van der Waals surface area contributed by atoms with Gasteiger partial charge in [0.05, 0.1) is 6.54 Å².